The SMILES string of the molecule is CCOC(=O)c1cc(N)cc(Cl)c1OCC. The van der Waals surface area contributed by atoms with E-state index in [1.165, 1.54) is 12.1 Å². The zero-order chi connectivity index (χ0) is 12.1. The van der Waals surface area contributed by atoms with Crippen molar-refractivity contribution in [1.29, 1.82) is 0 Å². The van der Waals surface area contributed by atoms with Crippen molar-refractivity contribution in [2.24, 2.45) is 0 Å². The second-order valence-corrected chi connectivity index (χ2v) is 3.44. The molecule has 0 spiro atoms. The van der Waals surface area contributed by atoms with Crippen molar-refractivity contribution < 1.29 is 14.3 Å². The minimum absolute atomic E-state index is 0.258. The summed E-state index contributed by atoms with van der Waals surface area (Å²) < 4.78 is 10.2. The van der Waals surface area contributed by atoms with Gasteiger partial charge in [-0.2, -0.15) is 0 Å². The van der Waals surface area contributed by atoms with Crippen molar-refractivity contribution >= 4 is 23.3 Å². The topological polar surface area (TPSA) is 61.5 Å². The molecule has 0 fully saturated rings. The Kier molecular flexibility index (Phi) is 4.43. The maximum Gasteiger partial charge on any atom is 0.342 e. The van der Waals surface area contributed by atoms with E-state index >= 15 is 0 Å². The Morgan fingerprint density at radius 3 is 2.62 bits per heavy atom. The first-order chi connectivity index (χ1) is 7.60. The fourth-order valence-corrected chi connectivity index (χ4v) is 1.55. The molecular formula is C11H14ClNO3. The first kappa shape index (κ1) is 12.6. The lowest BCUT2D eigenvalue weighted by molar-refractivity contribution is 0.0522. The quantitative estimate of drug-likeness (QED) is 0.652. The number of anilines is 1. The molecule has 88 valence electrons. The molecule has 0 saturated heterocycles. The minimum Gasteiger partial charge on any atom is -0.491 e. The summed E-state index contributed by atoms with van der Waals surface area (Å²) in [6, 6.07) is 3.03. The maximum atomic E-state index is 11.6. The van der Waals surface area contributed by atoms with E-state index in [-0.39, 0.29) is 12.2 Å². The third kappa shape index (κ3) is 2.79. The first-order valence-electron chi connectivity index (χ1n) is 4.99. The lowest BCUT2D eigenvalue weighted by Crippen LogP contribution is -2.09. The molecule has 4 nitrogen and oxygen atoms in total. The van der Waals surface area contributed by atoms with Crippen LogP contribution in [0.2, 0.25) is 5.02 Å². The van der Waals surface area contributed by atoms with Gasteiger partial charge in [0.2, 0.25) is 0 Å². The Labute approximate surface area is 99.3 Å². The van der Waals surface area contributed by atoms with Gasteiger partial charge in [-0.15, -0.1) is 0 Å². The number of esters is 1. The third-order valence-corrected chi connectivity index (χ3v) is 2.13. The van der Waals surface area contributed by atoms with E-state index < -0.39 is 5.97 Å². The Bertz CT molecular complexity index is 393. The summed E-state index contributed by atoms with van der Waals surface area (Å²) in [4.78, 5) is 11.6. The summed E-state index contributed by atoms with van der Waals surface area (Å²) in [5.41, 5.74) is 6.27. The van der Waals surface area contributed by atoms with Crippen molar-refractivity contribution in [2.75, 3.05) is 18.9 Å². The molecule has 1 aromatic carbocycles. The summed E-state index contributed by atoms with van der Waals surface area (Å²) in [7, 11) is 0. The van der Waals surface area contributed by atoms with E-state index in [4.69, 9.17) is 26.8 Å². The summed E-state index contributed by atoms with van der Waals surface area (Å²) in [6.45, 7) is 4.24. The minimum atomic E-state index is -0.486. The van der Waals surface area contributed by atoms with Gasteiger partial charge >= 0.3 is 5.97 Å². The van der Waals surface area contributed by atoms with Gasteiger partial charge in [0.1, 0.15) is 5.56 Å². The number of halogens is 1. The van der Waals surface area contributed by atoms with Crippen LogP contribution in [-0.4, -0.2) is 19.2 Å². The Hall–Kier alpha value is -1.42. The molecule has 1 rings (SSSR count). The number of rotatable bonds is 4. The van der Waals surface area contributed by atoms with Crippen LogP contribution in [0.25, 0.3) is 0 Å². The molecule has 5 heteroatoms. The average molecular weight is 244 g/mol. The highest BCUT2D eigenvalue weighted by molar-refractivity contribution is 6.33. The molecule has 0 radical (unpaired) electrons. The van der Waals surface area contributed by atoms with Crippen molar-refractivity contribution in [3.05, 3.63) is 22.7 Å². The van der Waals surface area contributed by atoms with Gasteiger partial charge in [0.15, 0.2) is 5.75 Å². The maximum absolute atomic E-state index is 11.6. The van der Waals surface area contributed by atoms with Crippen LogP contribution in [0.5, 0.6) is 5.75 Å². The smallest absolute Gasteiger partial charge is 0.342 e. The lowest BCUT2D eigenvalue weighted by atomic mass is 10.2. The zero-order valence-corrected chi connectivity index (χ0v) is 10.0. The fourth-order valence-electron chi connectivity index (χ4n) is 1.27. The standard InChI is InChI=1S/C11H14ClNO3/c1-3-15-10-8(11(14)16-4-2)5-7(13)6-9(10)12/h5-6H,3-4,13H2,1-2H3. The Balaban J connectivity index is 3.17. The summed E-state index contributed by atoms with van der Waals surface area (Å²) in [6.07, 6.45) is 0. The van der Waals surface area contributed by atoms with Gasteiger partial charge in [0.05, 0.1) is 18.2 Å². The number of carbonyl (C=O) groups is 1. The van der Waals surface area contributed by atoms with Gasteiger partial charge in [-0.05, 0) is 26.0 Å². The van der Waals surface area contributed by atoms with Crippen LogP contribution in [0.3, 0.4) is 0 Å². The predicted octanol–water partition coefficient (Wildman–Crippen LogP) is 2.50. The molecule has 2 N–H and O–H groups in total. The van der Waals surface area contributed by atoms with Gasteiger partial charge in [0, 0.05) is 5.69 Å². The monoisotopic (exact) mass is 243 g/mol. The van der Waals surface area contributed by atoms with Crippen LogP contribution >= 0.6 is 11.6 Å². The molecular weight excluding hydrogens is 230 g/mol. The van der Waals surface area contributed by atoms with Gasteiger partial charge in [-0.1, -0.05) is 11.6 Å². The van der Waals surface area contributed by atoms with Crippen LogP contribution in [0, 0.1) is 0 Å². The fraction of sp³-hybridized carbons (Fsp3) is 0.364. The van der Waals surface area contributed by atoms with Crippen LogP contribution < -0.4 is 10.5 Å². The van der Waals surface area contributed by atoms with E-state index in [2.05, 4.69) is 0 Å². The number of carbonyl (C=O) groups excluding carboxylic acids is 1. The van der Waals surface area contributed by atoms with Gasteiger partial charge in [-0.3, -0.25) is 0 Å². The predicted molar refractivity (Wildman–Crippen MR) is 63.0 cm³/mol. The second-order valence-electron chi connectivity index (χ2n) is 3.03. The average Bonchev–Trinajstić information content (AvgIpc) is 2.22. The molecule has 0 bridgehead atoms. The number of nitrogens with two attached hydrogens (primary N) is 1. The van der Waals surface area contributed by atoms with Gasteiger partial charge in [-0.25, -0.2) is 4.79 Å². The molecule has 0 amide bonds. The Morgan fingerprint density at radius 1 is 1.38 bits per heavy atom. The van der Waals surface area contributed by atoms with Crippen LogP contribution in [0.1, 0.15) is 24.2 Å². The van der Waals surface area contributed by atoms with E-state index in [9.17, 15) is 4.79 Å². The van der Waals surface area contributed by atoms with Gasteiger partial charge < -0.3 is 15.2 Å². The van der Waals surface area contributed by atoms with Crippen molar-refractivity contribution in [3.63, 3.8) is 0 Å². The molecule has 0 aliphatic heterocycles. The first-order valence-corrected chi connectivity index (χ1v) is 5.36. The largest absolute Gasteiger partial charge is 0.491 e. The number of hydrogen-bond donors (Lipinski definition) is 1. The molecule has 0 heterocycles. The molecule has 1 aromatic rings. The van der Waals surface area contributed by atoms with Crippen LogP contribution in [0.4, 0.5) is 5.69 Å². The molecule has 0 aliphatic carbocycles. The van der Waals surface area contributed by atoms with E-state index in [1.807, 2.05) is 6.92 Å². The van der Waals surface area contributed by atoms with E-state index in [0.717, 1.165) is 0 Å². The van der Waals surface area contributed by atoms with Gasteiger partial charge in [0.25, 0.3) is 0 Å². The number of hydrogen-bond acceptors (Lipinski definition) is 4. The molecule has 0 aromatic heterocycles. The van der Waals surface area contributed by atoms with Crippen molar-refractivity contribution in [2.45, 2.75) is 13.8 Å². The number of nitrogen functional groups attached to an aromatic ring is 1. The number of ether oxygens (including phenoxy) is 2. The molecule has 0 atom stereocenters. The normalized spacial score (nSPS) is 9.94. The molecule has 0 saturated carbocycles. The summed E-state index contributed by atoms with van der Waals surface area (Å²) in [5, 5.41) is 0.310. The third-order valence-electron chi connectivity index (χ3n) is 1.85. The highest BCUT2D eigenvalue weighted by Crippen LogP contribution is 2.32. The zero-order valence-electron chi connectivity index (χ0n) is 9.25. The second kappa shape index (κ2) is 5.61. The van der Waals surface area contributed by atoms with Crippen molar-refractivity contribution in [1.82, 2.24) is 0 Å². The number of benzene rings is 1. The van der Waals surface area contributed by atoms with E-state index in [1.54, 1.807) is 6.92 Å². The van der Waals surface area contributed by atoms with Crippen LogP contribution in [-0.2, 0) is 4.74 Å². The van der Waals surface area contributed by atoms with Crippen molar-refractivity contribution in [3.8, 4) is 5.75 Å². The van der Waals surface area contributed by atoms with E-state index in [0.29, 0.717) is 23.1 Å². The molecule has 0 aliphatic rings. The highest BCUT2D eigenvalue weighted by atomic mass is 35.5. The highest BCUT2D eigenvalue weighted by Gasteiger charge is 2.17. The lowest BCUT2D eigenvalue weighted by Gasteiger charge is -2.11. The Morgan fingerprint density at radius 2 is 2.06 bits per heavy atom. The summed E-state index contributed by atoms with van der Waals surface area (Å²) >= 11 is 5.94. The molecule has 16 heavy (non-hydrogen) atoms. The van der Waals surface area contributed by atoms with Crippen LogP contribution in [0.15, 0.2) is 12.1 Å². The molecule has 0 unspecified atom stereocenters. The summed E-state index contributed by atoms with van der Waals surface area (Å²) in [5.74, 6) is -0.169.